The summed E-state index contributed by atoms with van der Waals surface area (Å²) in [4.78, 5) is 8.93. The zero-order chi connectivity index (χ0) is 12.1. The maximum atomic E-state index is 5.95. The number of hydrogen-bond acceptors (Lipinski definition) is 4. The highest BCUT2D eigenvalue weighted by atomic mass is 15.3. The summed E-state index contributed by atoms with van der Waals surface area (Å²) in [7, 11) is 0. The van der Waals surface area contributed by atoms with E-state index in [2.05, 4.69) is 21.7 Å². The van der Waals surface area contributed by atoms with E-state index in [1.807, 2.05) is 12.3 Å². The molecule has 2 heterocycles. The van der Waals surface area contributed by atoms with Crippen LogP contribution in [0.3, 0.4) is 0 Å². The number of nitrogens with two attached hydrogens (primary N) is 1. The number of anilines is 2. The summed E-state index contributed by atoms with van der Waals surface area (Å²) < 4.78 is 0. The Balaban J connectivity index is 1.89. The van der Waals surface area contributed by atoms with Gasteiger partial charge in [0.2, 0.25) is 0 Å². The van der Waals surface area contributed by atoms with Crippen molar-refractivity contribution in [2.45, 2.75) is 19.8 Å². The molecule has 1 fully saturated rings. The molecule has 2 N–H and O–H groups in total. The minimum atomic E-state index is 0.787. The number of aromatic nitrogens is 1. The fourth-order valence-corrected chi connectivity index (χ4v) is 2.28. The molecule has 0 amide bonds. The van der Waals surface area contributed by atoms with Gasteiger partial charge in [0, 0.05) is 32.4 Å². The zero-order valence-corrected chi connectivity index (χ0v) is 10.6. The topological polar surface area (TPSA) is 45.4 Å². The first-order chi connectivity index (χ1) is 8.31. The summed E-state index contributed by atoms with van der Waals surface area (Å²) >= 11 is 0. The predicted octanol–water partition coefficient (Wildman–Crippen LogP) is 1.59. The molecule has 0 spiro atoms. The minimum Gasteiger partial charge on any atom is -0.396 e. The molecule has 1 aromatic rings. The van der Waals surface area contributed by atoms with Crippen molar-refractivity contribution in [2.75, 3.05) is 43.4 Å². The first kappa shape index (κ1) is 12.2. The molecular weight excluding hydrogens is 212 g/mol. The number of pyridine rings is 1. The number of hydrogen-bond donors (Lipinski definition) is 1. The van der Waals surface area contributed by atoms with Crippen molar-refractivity contribution in [1.29, 1.82) is 0 Å². The molecular formula is C13H22N4. The molecule has 2 rings (SSSR count). The molecule has 0 saturated carbocycles. The Kier molecular flexibility index (Phi) is 4.20. The fourth-order valence-electron chi connectivity index (χ4n) is 2.28. The molecule has 4 heteroatoms. The third-order valence-electron chi connectivity index (χ3n) is 3.37. The van der Waals surface area contributed by atoms with Crippen LogP contribution in [0.1, 0.15) is 19.8 Å². The average molecular weight is 234 g/mol. The lowest BCUT2D eigenvalue weighted by Gasteiger charge is -2.36. The molecule has 1 saturated heterocycles. The van der Waals surface area contributed by atoms with Gasteiger partial charge in [0.05, 0.1) is 17.6 Å². The van der Waals surface area contributed by atoms with Crippen molar-refractivity contribution >= 4 is 11.4 Å². The van der Waals surface area contributed by atoms with E-state index in [0.717, 1.165) is 37.6 Å². The molecule has 0 unspecified atom stereocenters. The van der Waals surface area contributed by atoms with E-state index in [4.69, 9.17) is 5.73 Å². The van der Waals surface area contributed by atoms with E-state index >= 15 is 0 Å². The summed E-state index contributed by atoms with van der Waals surface area (Å²) in [6, 6.07) is 2.01. The highest BCUT2D eigenvalue weighted by Gasteiger charge is 2.17. The van der Waals surface area contributed by atoms with Gasteiger partial charge in [-0.15, -0.1) is 0 Å². The van der Waals surface area contributed by atoms with Crippen LogP contribution in [0, 0.1) is 0 Å². The monoisotopic (exact) mass is 234 g/mol. The molecule has 1 aliphatic rings. The van der Waals surface area contributed by atoms with Crippen LogP contribution in [-0.2, 0) is 0 Å². The molecule has 17 heavy (non-hydrogen) atoms. The van der Waals surface area contributed by atoms with E-state index in [1.54, 1.807) is 6.20 Å². The third kappa shape index (κ3) is 3.09. The fraction of sp³-hybridized carbons (Fsp3) is 0.615. The van der Waals surface area contributed by atoms with Crippen LogP contribution in [0.15, 0.2) is 18.5 Å². The summed E-state index contributed by atoms with van der Waals surface area (Å²) in [6.07, 6.45) is 6.13. The van der Waals surface area contributed by atoms with Crippen molar-refractivity contribution in [1.82, 2.24) is 9.88 Å². The Morgan fingerprint density at radius 1 is 1.29 bits per heavy atom. The number of nitrogen functional groups attached to an aromatic ring is 1. The molecule has 0 aromatic carbocycles. The molecule has 1 aliphatic heterocycles. The van der Waals surface area contributed by atoms with Gasteiger partial charge in [-0.2, -0.15) is 0 Å². The van der Waals surface area contributed by atoms with E-state index in [-0.39, 0.29) is 0 Å². The molecule has 1 aromatic heterocycles. The summed E-state index contributed by atoms with van der Waals surface area (Å²) in [6.45, 7) is 7.89. The lowest BCUT2D eigenvalue weighted by molar-refractivity contribution is 0.254. The molecule has 0 aliphatic carbocycles. The maximum Gasteiger partial charge on any atom is 0.0738 e. The van der Waals surface area contributed by atoms with Gasteiger partial charge in [-0.3, -0.25) is 9.88 Å². The Hall–Kier alpha value is -1.29. The van der Waals surface area contributed by atoms with Gasteiger partial charge in [0.1, 0.15) is 0 Å². The Bertz CT molecular complexity index is 345. The van der Waals surface area contributed by atoms with Crippen LogP contribution >= 0.6 is 0 Å². The van der Waals surface area contributed by atoms with Crippen LogP contribution in [0.25, 0.3) is 0 Å². The predicted molar refractivity (Wildman–Crippen MR) is 72.2 cm³/mol. The molecule has 4 nitrogen and oxygen atoms in total. The van der Waals surface area contributed by atoms with Crippen LogP contribution in [0.2, 0.25) is 0 Å². The van der Waals surface area contributed by atoms with Gasteiger partial charge >= 0.3 is 0 Å². The molecule has 0 bridgehead atoms. The summed E-state index contributed by atoms with van der Waals surface area (Å²) in [5.41, 5.74) is 7.87. The Morgan fingerprint density at radius 2 is 2.06 bits per heavy atom. The molecule has 0 radical (unpaired) electrons. The normalized spacial score (nSPS) is 17.4. The van der Waals surface area contributed by atoms with Crippen LogP contribution in [-0.4, -0.2) is 42.6 Å². The number of rotatable bonds is 4. The minimum absolute atomic E-state index is 0.787. The molecule has 94 valence electrons. The van der Waals surface area contributed by atoms with Crippen LogP contribution in [0.4, 0.5) is 11.4 Å². The van der Waals surface area contributed by atoms with Crippen molar-refractivity contribution in [3.05, 3.63) is 18.5 Å². The van der Waals surface area contributed by atoms with E-state index in [9.17, 15) is 0 Å². The first-order valence-corrected chi connectivity index (χ1v) is 6.48. The second kappa shape index (κ2) is 5.87. The van der Waals surface area contributed by atoms with Gasteiger partial charge < -0.3 is 10.6 Å². The van der Waals surface area contributed by atoms with Crippen LogP contribution in [0.5, 0.6) is 0 Å². The van der Waals surface area contributed by atoms with Gasteiger partial charge in [-0.05, 0) is 19.0 Å². The van der Waals surface area contributed by atoms with Crippen molar-refractivity contribution in [3.8, 4) is 0 Å². The van der Waals surface area contributed by atoms with Gasteiger partial charge in [-0.1, -0.05) is 13.3 Å². The van der Waals surface area contributed by atoms with Crippen molar-refractivity contribution in [3.63, 3.8) is 0 Å². The van der Waals surface area contributed by atoms with E-state index < -0.39 is 0 Å². The number of piperazine rings is 1. The highest BCUT2D eigenvalue weighted by molar-refractivity contribution is 5.66. The Labute approximate surface area is 103 Å². The summed E-state index contributed by atoms with van der Waals surface area (Å²) in [5.74, 6) is 0. The lowest BCUT2D eigenvalue weighted by atomic mass is 10.2. The smallest absolute Gasteiger partial charge is 0.0738 e. The van der Waals surface area contributed by atoms with E-state index in [1.165, 1.54) is 19.4 Å². The molecule has 0 atom stereocenters. The highest BCUT2D eigenvalue weighted by Crippen LogP contribution is 2.22. The lowest BCUT2D eigenvalue weighted by Crippen LogP contribution is -2.46. The van der Waals surface area contributed by atoms with Crippen LogP contribution < -0.4 is 10.6 Å². The van der Waals surface area contributed by atoms with Gasteiger partial charge in [-0.25, -0.2) is 0 Å². The van der Waals surface area contributed by atoms with Crippen molar-refractivity contribution in [2.24, 2.45) is 0 Å². The zero-order valence-electron chi connectivity index (χ0n) is 10.6. The number of nitrogens with zero attached hydrogens (tertiary/aromatic N) is 3. The Morgan fingerprint density at radius 3 is 2.71 bits per heavy atom. The largest absolute Gasteiger partial charge is 0.396 e. The standard InChI is InChI=1S/C13H22N4/c1-2-3-6-16-7-9-17(10-8-16)13-4-5-15-11-12(13)14/h4-5,11H,2-3,6-10,14H2,1H3. The van der Waals surface area contributed by atoms with E-state index in [0.29, 0.717) is 0 Å². The first-order valence-electron chi connectivity index (χ1n) is 6.48. The SMILES string of the molecule is CCCCN1CCN(c2ccncc2N)CC1. The quantitative estimate of drug-likeness (QED) is 0.859. The second-order valence-electron chi connectivity index (χ2n) is 4.62. The third-order valence-corrected chi connectivity index (χ3v) is 3.37. The van der Waals surface area contributed by atoms with Gasteiger partial charge in [0.15, 0.2) is 0 Å². The summed E-state index contributed by atoms with van der Waals surface area (Å²) in [5, 5.41) is 0. The second-order valence-corrected chi connectivity index (χ2v) is 4.62. The van der Waals surface area contributed by atoms with Gasteiger partial charge in [0.25, 0.3) is 0 Å². The average Bonchev–Trinajstić information content (AvgIpc) is 2.38. The van der Waals surface area contributed by atoms with Crippen molar-refractivity contribution < 1.29 is 0 Å². The number of unbranched alkanes of at least 4 members (excludes halogenated alkanes) is 1. The maximum absolute atomic E-state index is 5.95.